The highest BCUT2D eigenvalue weighted by molar-refractivity contribution is 6.03. The van der Waals surface area contributed by atoms with Crippen LogP contribution in [0.4, 0.5) is 18.9 Å². The van der Waals surface area contributed by atoms with Crippen molar-refractivity contribution >= 4 is 17.5 Å². The summed E-state index contributed by atoms with van der Waals surface area (Å²) in [6.07, 6.45) is -3.60. The smallest absolute Gasteiger partial charge is 0.390 e. The molecule has 0 saturated carbocycles. The number of rotatable bonds is 3. The van der Waals surface area contributed by atoms with Gasteiger partial charge in [-0.15, -0.1) is 0 Å². The Kier molecular flexibility index (Phi) is 6.65. The number of fused-ring (bicyclic) bond motifs is 2. The summed E-state index contributed by atoms with van der Waals surface area (Å²) in [5, 5.41) is 13.9. The number of likely N-dealkylation sites (tertiary alicyclic amines) is 1. The second kappa shape index (κ2) is 9.74. The Morgan fingerprint density at radius 3 is 2.61 bits per heavy atom. The first-order chi connectivity index (χ1) is 17.2. The third kappa shape index (κ3) is 5.05. The topological polar surface area (TPSA) is 76.1 Å². The fraction of sp³-hybridized carbons (Fsp3) is 0.462. The van der Waals surface area contributed by atoms with E-state index in [1.54, 1.807) is 4.90 Å². The molecule has 2 aromatic carbocycles. The molecule has 3 aliphatic rings. The third-order valence-electron chi connectivity index (χ3n) is 7.31. The van der Waals surface area contributed by atoms with E-state index in [0.29, 0.717) is 24.2 Å². The number of hydrogen-bond acceptors (Lipinski definition) is 5. The van der Waals surface area contributed by atoms with Crippen molar-refractivity contribution in [3.05, 3.63) is 64.7 Å². The number of benzene rings is 2. The molecule has 1 saturated heterocycles. The van der Waals surface area contributed by atoms with Gasteiger partial charge in [0.15, 0.2) is 0 Å². The number of piperidine rings is 1. The highest BCUT2D eigenvalue weighted by Crippen LogP contribution is 2.28. The van der Waals surface area contributed by atoms with Crippen LogP contribution in [-0.2, 0) is 13.0 Å². The van der Waals surface area contributed by atoms with Crippen LogP contribution in [0, 0.1) is 0 Å². The molecule has 0 bridgehead atoms. The Labute approximate surface area is 207 Å². The number of aliphatic hydroxyl groups is 1. The summed E-state index contributed by atoms with van der Waals surface area (Å²) in [6, 6.07) is 12.7. The predicted molar refractivity (Wildman–Crippen MR) is 128 cm³/mol. The van der Waals surface area contributed by atoms with Gasteiger partial charge in [-0.2, -0.15) is 13.2 Å². The van der Waals surface area contributed by atoms with Crippen molar-refractivity contribution < 1.29 is 27.9 Å². The molecule has 3 heterocycles. The van der Waals surface area contributed by atoms with Crippen LogP contribution in [0.5, 0.6) is 0 Å². The van der Waals surface area contributed by atoms with Crippen LogP contribution in [0.2, 0.25) is 0 Å². The molecule has 36 heavy (non-hydrogen) atoms. The molecule has 10 heteroatoms. The van der Waals surface area contributed by atoms with Crippen molar-refractivity contribution in [3.8, 4) is 0 Å². The zero-order valence-electron chi connectivity index (χ0n) is 19.8. The molecule has 3 aliphatic heterocycles. The Morgan fingerprint density at radius 1 is 1.08 bits per heavy atom. The maximum Gasteiger partial charge on any atom is 0.406 e. The minimum absolute atomic E-state index is 0.0339. The quantitative estimate of drug-likeness (QED) is 0.675. The summed E-state index contributed by atoms with van der Waals surface area (Å²) in [4.78, 5) is 30.5. The molecule has 0 aromatic heterocycles. The van der Waals surface area contributed by atoms with Gasteiger partial charge in [0.2, 0.25) is 0 Å². The lowest BCUT2D eigenvalue weighted by Gasteiger charge is -2.43. The number of carbonyl (C=O) groups excluding carboxylic acids is 2. The molecule has 1 fully saturated rings. The monoisotopic (exact) mass is 502 g/mol. The van der Waals surface area contributed by atoms with Gasteiger partial charge < -0.3 is 20.2 Å². The Balaban J connectivity index is 1.25. The maximum absolute atomic E-state index is 13.2. The van der Waals surface area contributed by atoms with Gasteiger partial charge >= 0.3 is 6.18 Å². The summed E-state index contributed by atoms with van der Waals surface area (Å²) < 4.78 is 38.6. The zero-order chi connectivity index (χ0) is 25.4. The zero-order valence-corrected chi connectivity index (χ0v) is 19.8. The van der Waals surface area contributed by atoms with Gasteiger partial charge in [0.1, 0.15) is 6.54 Å². The van der Waals surface area contributed by atoms with Crippen LogP contribution < -0.4 is 5.32 Å². The molecule has 2 N–H and O–H groups in total. The minimum Gasteiger partial charge on any atom is -0.390 e. The summed E-state index contributed by atoms with van der Waals surface area (Å²) in [5.74, 6) is -0.990. The van der Waals surface area contributed by atoms with Gasteiger partial charge in [-0.05, 0) is 42.2 Å². The molecule has 5 rings (SSSR count). The van der Waals surface area contributed by atoms with E-state index in [-0.39, 0.29) is 37.1 Å². The number of nitrogens with one attached hydrogen (secondary N) is 1. The maximum atomic E-state index is 13.2. The van der Waals surface area contributed by atoms with Crippen LogP contribution in [0.3, 0.4) is 0 Å². The molecule has 0 aliphatic carbocycles. The number of amides is 2. The van der Waals surface area contributed by atoms with E-state index in [9.17, 15) is 27.9 Å². The van der Waals surface area contributed by atoms with Crippen molar-refractivity contribution in [1.82, 2.24) is 14.7 Å². The standard InChI is InChI=1S/C26H29F3N4O3/c27-26(28,29)16-33-12-9-30-21-13-18(5-6-20(21)25(33)36)24(35)32-11-8-22(23(34)15-32)31-10-7-17-3-1-2-4-19(17)14-31/h1-6,13,22-23,30,34H,7-12,14-16H2/t22?,23-/m0/s1. The van der Waals surface area contributed by atoms with Crippen molar-refractivity contribution in [2.45, 2.75) is 37.7 Å². The number of hydrogen-bond donors (Lipinski definition) is 2. The van der Waals surface area contributed by atoms with Gasteiger partial charge in [0, 0.05) is 56.6 Å². The van der Waals surface area contributed by atoms with Gasteiger partial charge in [-0.25, -0.2) is 0 Å². The lowest BCUT2D eigenvalue weighted by Crippen LogP contribution is -2.56. The second-order valence-corrected chi connectivity index (χ2v) is 9.69. The average Bonchev–Trinajstić information content (AvgIpc) is 3.00. The van der Waals surface area contributed by atoms with E-state index in [1.165, 1.54) is 29.3 Å². The number of anilines is 1. The minimum atomic E-state index is -4.49. The summed E-state index contributed by atoms with van der Waals surface area (Å²) in [5.41, 5.74) is 3.40. The van der Waals surface area contributed by atoms with E-state index in [4.69, 9.17) is 0 Å². The largest absolute Gasteiger partial charge is 0.406 e. The summed E-state index contributed by atoms with van der Waals surface area (Å²) >= 11 is 0. The lowest BCUT2D eigenvalue weighted by molar-refractivity contribution is -0.140. The lowest BCUT2D eigenvalue weighted by atomic mass is 9.94. The highest BCUT2D eigenvalue weighted by Gasteiger charge is 2.37. The molecule has 7 nitrogen and oxygen atoms in total. The summed E-state index contributed by atoms with van der Waals surface area (Å²) in [6.45, 7) is 1.08. The van der Waals surface area contributed by atoms with Crippen LogP contribution >= 0.6 is 0 Å². The Morgan fingerprint density at radius 2 is 1.86 bits per heavy atom. The summed E-state index contributed by atoms with van der Waals surface area (Å²) in [7, 11) is 0. The average molecular weight is 503 g/mol. The predicted octanol–water partition coefficient (Wildman–Crippen LogP) is 2.75. The van der Waals surface area contributed by atoms with Crippen molar-refractivity contribution in [3.63, 3.8) is 0 Å². The molecule has 192 valence electrons. The van der Waals surface area contributed by atoms with E-state index < -0.39 is 24.7 Å². The van der Waals surface area contributed by atoms with Gasteiger partial charge in [-0.3, -0.25) is 14.5 Å². The molecular formula is C26H29F3N4O3. The van der Waals surface area contributed by atoms with E-state index in [0.717, 1.165) is 24.4 Å². The SMILES string of the molecule is O=C(c1ccc2c(c1)NCCN(CC(F)(F)F)C2=O)N1CCC(N2CCc3ccccc3C2)[C@@H](O)C1. The fourth-order valence-corrected chi connectivity index (χ4v) is 5.49. The number of carbonyl (C=O) groups is 2. The number of nitrogens with zero attached hydrogens (tertiary/aromatic N) is 3. The van der Waals surface area contributed by atoms with Crippen molar-refractivity contribution in [1.29, 1.82) is 0 Å². The number of β-amino-alcohol motifs (C(OH)–C–C–N with tert-alkyl or cyclic N) is 1. The van der Waals surface area contributed by atoms with Crippen molar-refractivity contribution in [2.24, 2.45) is 0 Å². The number of alkyl halides is 3. The molecule has 1 unspecified atom stereocenters. The normalized spacial score (nSPS) is 22.9. The van der Waals surface area contributed by atoms with Crippen LogP contribution in [-0.4, -0.2) is 89.2 Å². The van der Waals surface area contributed by atoms with E-state index in [1.807, 2.05) is 12.1 Å². The number of halogens is 3. The Hall–Kier alpha value is -3.11. The van der Waals surface area contributed by atoms with Crippen molar-refractivity contribution in [2.75, 3.05) is 44.6 Å². The fourth-order valence-electron chi connectivity index (χ4n) is 5.49. The van der Waals surface area contributed by atoms with Gasteiger partial charge in [0.05, 0.1) is 11.7 Å². The molecule has 2 atom stereocenters. The van der Waals surface area contributed by atoms with Gasteiger partial charge in [0.25, 0.3) is 11.8 Å². The first-order valence-electron chi connectivity index (χ1n) is 12.2. The van der Waals surface area contributed by atoms with Crippen LogP contribution in [0.15, 0.2) is 42.5 Å². The van der Waals surface area contributed by atoms with E-state index in [2.05, 4.69) is 22.3 Å². The van der Waals surface area contributed by atoms with E-state index >= 15 is 0 Å². The third-order valence-corrected chi connectivity index (χ3v) is 7.31. The Bertz CT molecular complexity index is 1160. The molecule has 0 radical (unpaired) electrons. The second-order valence-electron chi connectivity index (χ2n) is 9.69. The first kappa shape index (κ1) is 24.6. The molecule has 2 amide bonds. The number of aliphatic hydroxyl groups excluding tert-OH is 1. The first-order valence-corrected chi connectivity index (χ1v) is 12.2. The van der Waals surface area contributed by atoms with Crippen LogP contribution in [0.1, 0.15) is 38.3 Å². The highest BCUT2D eigenvalue weighted by atomic mass is 19.4. The molecule has 2 aromatic rings. The molecule has 0 spiro atoms. The van der Waals surface area contributed by atoms with Gasteiger partial charge in [-0.1, -0.05) is 24.3 Å². The molecular weight excluding hydrogens is 473 g/mol. The van der Waals surface area contributed by atoms with Crippen LogP contribution in [0.25, 0.3) is 0 Å².